The van der Waals surface area contributed by atoms with Crippen molar-refractivity contribution in [1.29, 1.82) is 0 Å². The van der Waals surface area contributed by atoms with E-state index in [1.807, 2.05) is 0 Å². The Kier molecular flexibility index (Phi) is 3.27. The van der Waals surface area contributed by atoms with Gasteiger partial charge in [-0.05, 0) is 50.9 Å². The fourth-order valence-corrected chi connectivity index (χ4v) is 2.07. The molecule has 15 heavy (non-hydrogen) atoms. The van der Waals surface area contributed by atoms with Crippen LogP contribution in [0.4, 0.5) is 0 Å². The highest BCUT2D eigenvalue weighted by Gasteiger charge is 2.16. The van der Waals surface area contributed by atoms with Crippen LogP contribution in [0.25, 0.3) is 0 Å². The predicted molar refractivity (Wildman–Crippen MR) is 62.4 cm³/mol. The van der Waals surface area contributed by atoms with Gasteiger partial charge in [-0.25, -0.2) is 0 Å². The first-order chi connectivity index (χ1) is 7.27. The second kappa shape index (κ2) is 4.67. The summed E-state index contributed by atoms with van der Waals surface area (Å²) in [6.07, 6.45) is 2.63. The monoisotopic (exact) mass is 205 g/mol. The second-order valence-electron chi connectivity index (χ2n) is 4.29. The van der Waals surface area contributed by atoms with Crippen LogP contribution >= 0.6 is 0 Å². The van der Waals surface area contributed by atoms with Gasteiger partial charge in [-0.3, -0.25) is 0 Å². The van der Waals surface area contributed by atoms with E-state index in [1.54, 1.807) is 0 Å². The maximum absolute atomic E-state index is 6.08. The van der Waals surface area contributed by atoms with Gasteiger partial charge in [0.1, 0.15) is 11.9 Å². The SMILES string of the molecule is Cc1cccc(C)c1OC1CCNCC1. The van der Waals surface area contributed by atoms with Crippen molar-refractivity contribution in [2.75, 3.05) is 13.1 Å². The standard InChI is InChI=1S/C13H19NO/c1-10-4-3-5-11(2)13(10)15-12-6-8-14-9-7-12/h3-5,12,14H,6-9H2,1-2H3. The summed E-state index contributed by atoms with van der Waals surface area (Å²) in [5.41, 5.74) is 2.49. The first kappa shape index (κ1) is 10.5. The first-order valence-corrected chi connectivity index (χ1v) is 5.71. The summed E-state index contributed by atoms with van der Waals surface area (Å²) in [6.45, 7) is 6.39. The maximum Gasteiger partial charge on any atom is 0.125 e. The summed E-state index contributed by atoms with van der Waals surface area (Å²) >= 11 is 0. The molecule has 2 nitrogen and oxygen atoms in total. The van der Waals surface area contributed by atoms with E-state index in [4.69, 9.17) is 4.74 Å². The zero-order valence-corrected chi connectivity index (χ0v) is 9.55. The molecule has 0 radical (unpaired) electrons. The van der Waals surface area contributed by atoms with Crippen LogP contribution in [-0.2, 0) is 0 Å². The Morgan fingerprint density at radius 1 is 1.13 bits per heavy atom. The highest BCUT2D eigenvalue weighted by atomic mass is 16.5. The number of benzene rings is 1. The largest absolute Gasteiger partial charge is 0.490 e. The molecule has 0 aliphatic carbocycles. The molecule has 1 aliphatic heterocycles. The Balaban J connectivity index is 2.09. The summed E-state index contributed by atoms with van der Waals surface area (Å²) < 4.78 is 6.08. The average Bonchev–Trinajstić information content (AvgIpc) is 2.25. The van der Waals surface area contributed by atoms with E-state index in [0.717, 1.165) is 31.7 Å². The van der Waals surface area contributed by atoms with E-state index in [9.17, 15) is 0 Å². The van der Waals surface area contributed by atoms with E-state index in [2.05, 4.69) is 37.4 Å². The lowest BCUT2D eigenvalue weighted by molar-refractivity contribution is 0.160. The number of piperidine rings is 1. The third-order valence-corrected chi connectivity index (χ3v) is 2.98. The minimum absolute atomic E-state index is 0.394. The molecule has 1 aromatic carbocycles. The van der Waals surface area contributed by atoms with Crippen LogP contribution < -0.4 is 10.1 Å². The van der Waals surface area contributed by atoms with Crippen LogP contribution in [0, 0.1) is 13.8 Å². The van der Waals surface area contributed by atoms with Crippen LogP contribution in [0.15, 0.2) is 18.2 Å². The van der Waals surface area contributed by atoms with Gasteiger partial charge in [-0.2, -0.15) is 0 Å². The molecule has 0 saturated carbocycles. The van der Waals surface area contributed by atoms with Crippen LogP contribution in [0.2, 0.25) is 0 Å². The van der Waals surface area contributed by atoms with Gasteiger partial charge in [0, 0.05) is 0 Å². The molecular formula is C13H19NO. The zero-order chi connectivity index (χ0) is 10.7. The van der Waals surface area contributed by atoms with Gasteiger partial charge >= 0.3 is 0 Å². The minimum Gasteiger partial charge on any atom is -0.490 e. The molecule has 0 atom stereocenters. The molecule has 82 valence electrons. The van der Waals surface area contributed by atoms with Crippen molar-refractivity contribution in [3.8, 4) is 5.75 Å². The fourth-order valence-electron chi connectivity index (χ4n) is 2.07. The lowest BCUT2D eigenvalue weighted by Crippen LogP contribution is -2.34. The van der Waals surface area contributed by atoms with Gasteiger partial charge < -0.3 is 10.1 Å². The summed E-state index contributed by atoms with van der Waals surface area (Å²) in [6, 6.07) is 6.31. The van der Waals surface area contributed by atoms with Crippen molar-refractivity contribution >= 4 is 0 Å². The van der Waals surface area contributed by atoms with Gasteiger partial charge in [-0.1, -0.05) is 18.2 Å². The van der Waals surface area contributed by atoms with E-state index in [0.29, 0.717) is 6.10 Å². The van der Waals surface area contributed by atoms with Crippen molar-refractivity contribution in [3.63, 3.8) is 0 Å². The molecule has 0 unspecified atom stereocenters. The van der Waals surface area contributed by atoms with E-state index in [1.165, 1.54) is 11.1 Å². The van der Waals surface area contributed by atoms with Crippen LogP contribution in [0.3, 0.4) is 0 Å². The number of rotatable bonds is 2. The molecule has 2 rings (SSSR count). The smallest absolute Gasteiger partial charge is 0.125 e. The molecule has 0 amide bonds. The quantitative estimate of drug-likeness (QED) is 0.800. The topological polar surface area (TPSA) is 21.3 Å². The van der Waals surface area contributed by atoms with E-state index >= 15 is 0 Å². The lowest BCUT2D eigenvalue weighted by Gasteiger charge is -2.25. The van der Waals surface area contributed by atoms with Crippen molar-refractivity contribution in [2.24, 2.45) is 0 Å². The minimum atomic E-state index is 0.394. The predicted octanol–water partition coefficient (Wildman–Crippen LogP) is 2.43. The number of aryl methyl sites for hydroxylation is 2. The van der Waals surface area contributed by atoms with Gasteiger partial charge in [-0.15, -0.1) is 0 Å². The average molecular weight is 205 g/mol. The van der Waals surface area contributed by atoms with Crippen molar-refractivity contribution in [2.45, 2.75) is 32.8 Å². The molecule has 1 fully saturated rings. The molecule has 1 saturated heterocycles. The molecule has 1 aliphatic rings. The Labute approximate surface area is 91.6 Å². The van der Waals surface area contributed by atoms with Gasteiger partial charge in [0.15, 0.2) is 0 Å². The Hall–Kier alpha value is -1.02. The molecular weight excluding hydrogens is 186 g/mol. The summed E-state index contributed by atoms with van der Waals surface area (Å²) in [4.78, 5) is 0. The third kappa shape index (κ3) is 2.51. The molecule has 1 N–H and O–H groups in total. The Bertz CT molecular complexity index is 309. The molecule has 0 bridgehead atoms. The first-order valence-electron chi connectivity index (χ1n) is 5.71. The number of para-hydroxylation sites is 1. The fraction of sp³-hybridized carbons (Fsp3) is 0.538. The van der Waals surface area contributed by atoms with Gasteiger partial charge in [0.25, 0.3) is 0 Å². The number of hydrogen-bond acceptors (Lipinski definition) is 2. The lowest BCUT2D eigenvalue weighted by atomic mass is 10.1. The van der Waals surface area contributed by atoms with Crippen LogP contribution in [0.5, 0.6) is 5.75 Å². The van der Waals surface area contributed by atoms with Crippen molar-refractivity contribution in [3.05, 3.63) is 29.3 Å². The van der Waals surface area contributed by atoms with Gasteiger partial charge in [0.2, 0.25) is 0 Å². The van der Waals surface area contributed by atoms with Crippen molar-refractivity contribution < 1.29 is 4.74 Å². The summed E-state index contributed by atoms with van der Waals surface area (Å²) in [5, 5.41) is 3.35. The summed E-state index contributed by atoms with van der Waals surface area (Å²) in [5.74, 6) is 1.09. The summed E-state index contributed by atoms with van der Waals surface area (Å²) in [7, 11) is 0. The van der Waals surface area contributed by atoms with Crippen LogP contribution in [-0.4, -0.2) is 19.2 Å². The Morgan fingerprint density at radius 2 is 1.73 bits per heavy atom. The zero-order valence-electron chi connectivity index (χ0n) is 9.55. The maximum atomic E-state index is 6.08. The van der Waals surface area contributed by atoms with Gasteiger partial charge in [0.05, 0.1) is 0 Å². The molecule has 0 aromatic heterocycles. The highest BCUT2D eigenvalue weighted by molar-refractivity contribution is 5.39. The normalized spacial score (nSPS) is 17.7. The number of hydrogen-bond donors (Lipinski definition) is 1. The Morgan fingerprint density at radius 3 is 2.33 bits per heavy atom. The number of ether oxygens (including phenoxy) is 1. The number of nitrogens with one attached hydrogen (secondary N) is 1. The third-order valence-electron chi connectivity index (χ3n) is 2.98. The molecule has 0 spiro atoms. The molecule has 2 heteroatoms. The van der Waals surface area contributed by atoms with Crippen molar-refractivity contribution in [1.82, 2.24) is 5.32 Å². The highest BCUT2D eigenvalue weighted by Crippen LogP contribution is 2.25. The van der Waals surface area contributed by atoms with Crippen LogP contribution in [0.1, 0.15) is 24.0 Å². The molecule has 1 aromatic rings. The molecule has 1 heterocycles. The van der Waals surface area contributed by atoms with E-state index in [-0.39, 0.29) is 0 Å². The second-order valence-corrected chi connectivity index (χ2v) is 4.29. The van der Waals surface area contributed by atoms with E-state index < -0.39 is 0 Å².